The zero-order valence-electron chi connectivity index (χ0n) is 10.6. The lowest BCUT2D eigenvalue weighted by Gasteiger charge is -2.23. The van der Waals surface area contributed by atoms with Crippen LogP contribution in [0.4, 0.5) is 5.69 Å². The SMILES string of the molecule is COC1/C(=C\C(C)=O)c2ccccc2N1C(C)=O. The van der Waals surface area contributed by atoms with E-state index in [0.717, 1.165) is 16.8 Å². The van der Waals surface area contributed by atoms with E-state index < -0.39 is 6.23 Å². The second-order valence-corrected chi connectivity index (χ2v) is 4.20. The van der Waals surface area contributed by atoms with E-state index in [4.69, 9.17) is 4.74 Å². The number of methoxy groups -OCH3 is 1. The fraction of sp³-hybridized carbons (Fsp3) is 0.286. The largest absolute Gasteiger partial charge is 0.357 e. The van der Waals surface area contributed by atoms with Gasteiger partial charge in [-0.15, -0.1) is 0 Å². The van der Waals surface area contributed by atoms with Crippen LogP contribution >= 0.6 is 0 Å². The molecule has 0 saturated carbocycles. The Morgan fingerprint density at radius 3 is 2.50 bits per heavy atom. The van der Waals surface area contributed by atoms with Crippen molar-refractivity contribution in [2.45, 2.75) is 20.1 Å². The zero-order valence-corrected chi connectivity index (χ0v) is 10.6. The van der Waals surface area contributed by atoms with E-state index in [1.807, 2.05) is 24.3 Å². The van der Waals surface area contributed by atoms with Gasteiger partial charge in [0.05, 0.1) is 5.69 Å². The maximum atomic E-state index is 11.7. The Morgan fingerprint density at radius 1 is 1.28 bits per heavy atom. The summed E-state index contributed by atoms with van der Waals surface area (Å²) in [5.41, 5.74) is 2.38. The zero-order chi connectivity index (χ0) is 13.3. The van der Waals surface area contributed by atoms with E-state index in [1.54, 1.807) is 4.90 Å². The van der Waals surface area contributed by atoms with Crippen LogP contribution in [0.1, 0.15) is 19.4 Å². The second kappa shape index (κ2) is 4.74. The molecule has 0 spiro atoms. The van der Waals surface area contributed by atoms with Crippen molar-refractivity contribution in [3.8, 4) is 0 Å². The first-order chi connectivity index (χ1) is 8.56. The molecule has 1 aromatic rings. The molecule has 0 N–H and O–H groups in total. The van der Waals surface area contributed by atoms with Crippen LogP contribution in [0.5, 0.6) is 0 Å². The quantitative estimate of drug-likeness (QED) is 0.749. The van der Waals surface area contributed by atoms with Crippen LogP contribution in [0, 0.1) is 0 Å². The van der Waals surface area contributed by atoms with Crippen molar-refractivity contribution in [2.24, 2.45) is 0 Å². The molecule has 1 aliphatic rings. The summed E-state index contributed by atoms with van der Waals surface area (Å²) in [5.74, 6) is -0.173. The second-order valence-electron chi connectivity index (χ2n) is 4.20. The van der Waals surface area contributed by atoms with Crippen LogP contribution in [0.25, 0.3) is 5.57 Å². The predicted octanol–water partition coefficient (Wildman–Crippen LogP) is 2.00. The number of allylic oxidation sites excluding steroid dienone is 1. The number of hydrogen-bond donors (Lipinski definition) is 0. The molecule has 0 saturated heterocycles. The van der Waals surface area contributed by atoms with Crippen molar-refractivity contribution in [3.63, 3.8) is 0 Å². The third-order valence-electron chi connectivity index (χ3n) is 2.90. The number of ether oxygens (including phenoxy) is 1. The summed E-state index contributed by atoms with van der Waals surface area (Å²) in [6, 6.07) is 7.48. The van der Waals surface area contributed by atoms with E-state index in [0.29, 0.717) is 0 Å². The van der Waals surface area contributed by atoms with Crippen LogP contribution in [0.15, 0.2) is 30.3 Å². The van der Waals surface area contributed by atoms with Gasteiger partial charge in [0.25, 0.3) is 0 Å². The molecule has 0 aromatic heterocycles. The first kappa shape index (κ1) is 12.5. The van der Waals surface area contributed by atoms with Gasteiger partial charge in [0.2, 0.25) is 5.91 Å². The highest BCUT2D eigenvalue weighted by Crippen LogP contribution is 2.40. The Hall–Kier alpha value is -1.94. The molecule has 1 aromatic carbocycles. The number of anilines is 1. The highest BCUT2D eigenvalue weighted by Gasteiger charge is 2.36. The molecule has 18 heavy (non-hydrogen) atoms. The number of para-hydroxylation sites is 1. The molecular weight excluding hydrogens is 230 g/mol. The molecule has 0 radical (unpaired) electrons. The average Bonchev–Trinajstić information content (AvgIpc) is 2.63. The van der Waals surface area contributed by atoms with Gasteiger partial charge < -0.3 is 4.74 Å². The van der Waals surface area contributed by atoms with Gasteiger partial charge in [-0.1, -0.05) is 18.2 Å². The van der Waals surface area contributed by atoms with Crippen molar-refractivity contribution in [1.82, 2.24) is 0 Å². The van der Waals surface area contributed by atoms with Gasteiger partial charge in [-0.2, -0.15) is 0 Å². The average molecular weight is 245 g/mol. The molecule has 4 nitrogen and oxygen atoms in total. The lowest BCUT2D eigenvalue weighted by atomic mass is 10.1. The van der Waals surface area contributed by atoms with E-state index >= 15 is 0 Å². The third-order valence-corrected chi connectivity index (χ3v) is 2.90. The smallest absolute Gasteiger partial charge is 0.226 e. The van der Waals surface area contributed by atoms with E-state index in [2.05, 4.69) is 0 Å². The normalized spacial score (nSPS) is 20.1. The maximum absolute atomic E-state index is 11.7. The Morgan fingerprint density at radius 2 is 1.94 bits per heavy atom. The first-order valence-corrected chi connectivity index (χ1v) is 5.70. The monoisotopic (exact) mass is 245 g/mol. The fourth-order valence-electron chi connectivity index (χ4n) is 2.26. The number of nitrogens with zero attached hydrogens (tertiary/aromatic N) is 1. The Balaban J connectivity index is 2.62. The predicted molar refractivity (Wildman–Crippen MR) is 69.1 cm³/mol. The molecule has 4 heteroatoms. The van der Waals surface area contributed by atoms with Gasteiger partial charge in [-0.05, 0) is 19.1 Å². The van der Waals surface area contributed by atoms with Crippen molar-refractivity contribution in [3.05, 3.63) is 35.9 Å². The standard InChI is InChI=1S/C14H15NO3/c1-9(16)8-12-11-6-4-5-7-13(11)15(10(2)17)14(12)18-3/h4-8,14H,1-3H3/b12-8-. The number of amides is 1. The lowest BCUT2D eigenvalue weighted by molar-refractivity contribution is -0.118. The molecule has 0 bridgehead atoms. The molecule has 2 rings (SSSR count). The highest BCUT2D eigenvalue weighted by atomic mass is 16.5. The third kappa shape index (κ3) is 1.95. The van der Waals surface area contributed by atoms with Crippen LogP contribution < -0.4 is 4.90 Å². The molecule has 1 heterocycles. The molecule has 1 aliphatic heterocycles. The number of ketones is 1. The maximum Gasteiger partial charge on any atom is 0.226 e. The minimum absolute atomic E-state index is 0.0627. The van der Waals surface area contributed by atoms with Crippen molar-refractivity contribution >= 4 is 23.0 Å². The molecule has 1 atom stereocenters. The number of rotatable bonds is 2. The lowest BCUT2D eigenvalue weighted by Crippen LogP contribution is -2.36. The Kier molecular flexibility index (Phi) is 3.30. The van der Waals surface area contributed by atoms with Crippen LogP contribution in [0.3, 0.4) is 0 Å². The minimum atomic E-state index is -0.524. The summed E-state index contributed by atoms with van der Waals surface area (Å²) < 4.78 is 5.37. The fourth-order valence-corrected chi connectivity index (χ4v) is 2.26. The van der Waals surface area contributed by atoms with Gasteiger partial charge in [0.1, 0.15) is 0 Å². The molecular formula is C14H15NO3. The molecule has 0 aliphatic carbocycles. The molecule has 94 valence electrons. The molecule has 1 unspecified atom stereocenters. The summed E-state index contributed by atoms with van der Waals surface area (Å²) in [6.07, 6.45) is 0.999. The van der Waals surface area contributed by atoms with Gasteiger partial charge in [0.15, 0.2) is 12.0 Å². The number of carbonyl (C=O) groups excluding carboxylic acids is 2. The van der Waals surface area contributed by atoms with Crippen molar-refractivity contribution in [1.29, 1.82) is 0 Å². The number of fused-ring (bicyclic) bond motifs is 1. The van der Waals surface area contributed by atoms with E-state index in [9.17, 15) is 9.59 Å². The first-order valence-electron chi connectivity index (χ1n) is 5.70. The van der Waals surface area contributed by atoms with Gasteiger partial charge in [-0.3, -0.25) is 14.5 Å². The minimum Gasteiger partial charge on any atom is -0.357 e. The van der Waals surface area contributed by atoms with Gasteiger partial charge >= 0.3 is 0 Å². The molecule has 1 amide bonds. The number of carbonyl (C=O) groups is 2. The topological polar surface area (TPSA) is 46.6 Å². The highest BCUT2D eigenvalue weighted by molar-refractivity contribution is 6.07. The summed E-state index contributed by atoms with van der Waals surface area (Å²) in [5, 5.41) is 0. The Labute approximate surface area is 106 Å². The molecule has 0 fully saturated rings. The number of benzene rings is 1. The van der Waals surface area contributed by atoms with Gasteiger partial charge in [0, 0.05) is 25.2 Å². The van der Waals surface area contributed by atoms with Crippen molar-refractivity contribution in [2.75, 3.05) is 12.0 Å². The van der Waals surface area contributed by atoms with Crippen LogP contribution in [0.2, 0.25) is 0 Å². The van der Waals surface area contributed by atoms with E-state index in [-0.39, 0.29) is 11.7 Å². The summed E-state index contributed by atoms with van der Waals surface area (Å²) in [7, 11) is 1.53. The Bertz CT molecular complexity index is 534. The summed E-state index contributed by atoms with van der Waals surface area (Å²) >= 11 is 0. The van der Waals surface area contributed by atoms with E-state index in [1.165, 1.54) is 27.0 Å². The van der Waals surface area contributed by atoms with Crippen LogP contribution in [-0.4, -0.2) is 25.0 Å². The number of hydrogen-bond acceptors (Lipinski definition) is 3. The summed E-state index contributed by atoms with van der Waals surface area (Å²) in [6.45, 7) is 2.97. The van der Waals surface area contributed by atoms with Crippen molar-refractivity contribution < 1.29 is 14.3 Å². The van der Waals surface area contributed by atoms with Crippen LogP contribution in [-0.2, 0) is 14.3 Å². The van der Waals surface area contributed by atoms with Gasteiger partial charge in [-0.25, -0.2) is 0 Å². The summed E-state index contributed by atoms with van der Waals surface area (Å²) in [4.78, 5) is 24.6.